The van der Waals surface area contributed by atoms with Crippen molar-refractivity contribution in [3.63, 3.8) is 0 Å². The lowest BCUT2D eigenvalue weighted by Gasteiger charge is -2.30. The Morgan fingerprint density at radius 1 is 1.42 bits per heavy atom. The molecule has 0 radical (unpaired) electrons. The molecule has 1 aromatic rings. The Morgan fingerprint density at radius 2 is 2.16 bits per heavy atom. The average molecular weight is 262 g/mol. The van der Waals surface area contributed by atoms with E-state index in [2.05, 4.69) is 17.3 Å². The maximum absolute atomic E-state index is 11.9. The van der Waals surface area contributed by atoms with Gasteiger partial charge in [-0.1, -0.05) is 17.7 Å². The number of rotatable bonds is 4. The summed E-state index contributed by atoms with van der Waals surface area (Å²) in [6.45, 7) is 5.39. The Hall–Kier alpha value is -1.39. The number of nitrogens with zero attached hydrogens (tertiary/aromatic N) is 1. The van der Waals surface area contributed by atoms with Crippen LogP contribution in [0.4, 0.5) is 0 Å². The number of ether oxygens (including phenoxy) is 1. The molecule has 1 atom stereocenters. The van der Waals surface area contributed by atoms with Crippen LogP contribution in [-0.4, -0.2) is 50.2 Å². The van der Waals surface area contributed by atoms with E-state index in [9.17, 15) is 4.79 Å². The van der Waals surface area contributed by atoms with Gasteiger partial charge in [0.05, 0.1) is 12.7 Å². The molecule has 104 valence electrons. The Labute approximate surface area is 114 Å². The summed E-state index contributed by atoms with van der Waals surface area (Å²) in [5.41, 5.74) is 1.88. The summed E-state index contributed by atoms with van der Waals surface area (Å²) >= 11 is 0. The summed E-state index contributed by atoms with van der Waals surface area (Å²) in [4.78, 5) is 14.2. The van der Waals surface area contributed by atoms with Crippen LogP contribution in [0.15, 0.2) is 24.3 Å². The molecule has 1 unspecified atom stereocenters. The molecular formula is C15H22N2O2. The molecule has 1 saturated heterocycles. The number of morpholine rings is 1. The number of benzene rings is 1. The van der Waals surface area contributed by atoms with Crippen LogP contribution in [-0.2, 0) is 4.74 Å². The summed E-state index contributed by atoms with van der Waals surface area (Å²) in [5, 5.41) is 2.94. The molecule has 0 bridgehead atoms. The largest absolute Gasteiger partial charge is 0.375 e. The van der Waals surface area contributed by atoms with Gasteiger partial charge in [0, 0.05) is 25.2 Å². The quantitative estimate of drug-likeness (QED) is 0.893. The van der Waals surface area contributed by atoms with Crippen LogP contribution in [0.3, 0.4) is 0 Å². The van der Waals surface area contributed by atoms with Crippen molar-refractivity contribution in [2.45, 2.75) is 19.4 Å². The molecule has 1 fully saturated rings. The fraction of sp³-hybridized carbons (Fsp3) is 0.533. The van der Waals surface area contributed by atoms with Crippen LogP contribution >= 0.6 is 0 Å². The summed E-state index contributed by atoms with van der Waals surface area (Å²) in [5.74, 6) is -0.0100. The molecule has 19 heavy (non-hydrogen) atoms. The van der Waals surface area contributed by atoms with E-state index in [1.807, 2.05) is 31.2 Å². The normalized spacial score (nSPS) is 20.2. The lowest BCUT2D eigenvalue weighted by atomic mass is 10.1. The SMILES string of the molecule is Cc1ccc(C(=O)NCCC2CN(C)CCO2)cc1. The topological polar surface area (TPSA) is 41.6 Å². The summed E-state index contributed by atoms with van der Waals surface area (Å²) in [6.07, 6.45) is 1.10. The molecule has 4 nitrogen and oxygen atoms in total. The molecule has 1 heterocycles. The van der Waals surface area contributed by atoms with Crippen molar-refractivity contribution in [2.75, 3.05) is 33.3 Å². The van der Waals surface area contributed by atoms with E-state index in [0.29, 0.717) is 12.1 Å². The first kappa shape index (κ1) is 14.0. The van der Waals surface area contributed by atoms with E-state index in [0.717, 1.165) is 31.7 Å². The summed E-state index contributed by atoms with van der Waals surface area (Å²) in [6, 6.07) is 7.62. The lowest BCUT2D eigenvalue weighted by molar-refractivity contribution is -0.0225. The standard InChI is InChI=1S/C15H22N2O2/c1-12-3-5-13(6-4-12)15(18)16-8-7-14-11-17(2)9-10-19-14/h3-6,14H,7-11H2,1-2H3,(H,16,18). The number of hydrogen-bond acceptors (Lipinski definition) is 3. The van der Waals surface area contributed by atoms with E-state index in [1.54, 1.807) is 0 Å². The number of amides is 1. The minimum absolute atomic E-state index is 0.0100. The minimum atomic E-state index is -0.0100. The molecule has 1 aromatic carbocycles. The highest BCUT2D eigenvalue weighted by Gasteiger charge is 2.17. The van der Waals surface area contributed by atoms with Crippen molar-refractivity contribution in [1.82, 2.24) is 10.2 Å². The molecule has 0 spiro atoms. The molecule has 0 saturated carbocycles. The van der Waals surface area contributed by atoms with Crippen molar-refractivity contribution < 1.29 is 9.53 Å². The maximum Gasteiger partial charge on any atom is 0.251 e. The average Bonchev–Trinajstić information content (AvgIpc) is 2.39. The molecule has 1 N–H and O–H groups in total. The van der Waals surface area contributed by atoms with Gasteiger partial charge in [0.2, 0.25) is 0 Å². The van der Waals surface area contributed by atoms with Crippen molar-refractivity contribution in [3.8, 4) is 0 Å². The molecule has 2 rings (SSSR count). The highest BCUT2D eigenvalue weighted by Crippen LogP contribution is 2.07. The van der Waals surface area contributed by atoms with E-state index in [-0.39, 0.29) is 12.0 Å². The number of carbonyl (C=O) groups is 1. The second kappa shape index (κ2) is 6.68. The van der Waals surface area contributed by atoms with Crippen molar-refractivity contribution in [3.05, 3.63) is 35.4 Å². The van der Waals surface area contributed by atoms with Gasteiger partial charge in [-0.3, -0.25) is 4.79 Å². The highest BCUT2D eigenvalue weighted by molar-refractivity contribution is 5.94. The van der Waals surface area contributed by atoms with E-state index < -0.39 is 0 Å². The molecular weight excluding hydrogens is 240 g/mol. The molecule has 1 amide bonds. The minimum Gasteiger partial charge on any atom is -0.375 e. The van der Waals surface area contributed by atoms with Crippen LogP contribution in [0.25, 0.3) is 0 Å². The molecule has 1 aliphatic rings. The Bertz CT molecular complexity index is 417. The smallest absolute Gasteiger partial charge is 0.251 e. The van der Waals surface area contributed by atoms with Gasteiger partial charge in [-0.2, -0.15) is 0 Å². The van der Waals surface area contributed by atoms with Crippen molar-refractivity contribution >= 4 is 5.91 Å². The first-order chi connectivity index (χ1) is 9.15. The monoisotopic (exact) mass is 262 g/mol. The summed E-state index contributed by atoms with van der Waals surface area (Å²) in [7, 11) is 2.10. The first-order valence-electron chi connectivity index (χ1n) is 6.80. The van der Waals surface area contributed by atoms with Gasteiger partial charge in [-0.25, -0.2) is 0 Å². The Kier molecular flexibility index (Phi) is 4.93. The third-order valence-corrected chi connectivity index (χ3v) is 3.41. The van der Waals surface area contributed by atoms with E-state index >= 15 is 0 Å². The first-order valence-corrected chi connectivity index (χ1v) is 6.80. The van der Waals surface area contributed by atoms with Gasteiger partial charge in [-0.05, 0) is 32.5 Å². The molecule has 0 aromatic heterocycles. The van der Waals surface area contributed by atoms with Gasteiger partial charge in [-0.15, -0.1) is 0 Å². The van der Waals surface area contributed by atoms with Crippen molar-refractivity contribution in [2.24, 2.45) is 0 Å². The van der Waals surface area contributed by atoms with E-state index in [4.69, 9.17) is 4.74 Å². The van der Waals surface area contributed by atoms with Crippen molar-refractivity contribution in [1.29, 1.82) is 0 Å². The van der Waals surface area contributed by atoms with Crippen LogP contribution in [0, 0.1) is 6.92 Å². The van der Waals surface area contributed by atoms with Gasteiger partial charge in [0.25, 0.3) is 5.91 Å². The van der Waals surface area contributed by atoms with Gasteiger partial charge < -0.3 is 15.0 Å². The second-order valence-electron chi connectivity index (χ2n) is 5.17. The van der Waals surface area contributed by atoms with Gasteiger partial charge >= 0.3 is 0 Å². The van der Waals surface area contributed by atoms with Crippen LogP contribution < -0.4 is 5.32 Å². The zero-order chi connectivity index (χ0) is 13.7. The predicted molar refractivity (Wildman–Crippen MR) is 75.4 cm³/mol. The number of likely N-dealkylation sites (N-methyl/N-ethyl adjacent to an activating group) is 1. The zero-order valence-electron chi connectivity index (χ0n) is 11.7. The Morgan fingerprint density at radius 3 is 2.84 bits per heavy atom. The second-order valence-corrected chi connectivity index (χ2v) is 5.17. The summed E-state index contributed by atoms with van der Waals surface area (Å²) < 4.78 is 5.66. The number of hydrogen-bond donors (Lipinski definition) is 1. The third-order valence-electron chi connectivity index (χ3n) is 3.41. The molecule has 0 aliphatic carbocycles. The molecule has 1 aliphatic heterocycles. The number of aryl methyl sites for hydroxylation is 1. The van der Waals surface area contributed by atoms with Crippen LogP contribution in [0.5, 0.6) is 0 Å². The van der Waals surface area contributed by atoms with Crippen LogP contribution in [0.2, 0.25) is 0 Å². The Balaban J connectivity index is 1.73. The number of carbonyl (C=O) groups excluding carboxylic acids is 1. The fourth-order valence-electron chi connectivity index (χ4n) is 2.20. The van der Waals surface area contributed by atoms with E-state index in [1.165, 1.54) is 0 Å². The van der Waals surface area contributed by atoms with Gasteiger partial charge in [0.1, 0.15) is 0 Å². The molecule has 4 heteroatoms. The fourth-order valence-corrected chi connectivity index (χ4v) is 2.20. The van der Waals surface area contributed by atoms with Gasteiger partial charge in [0.15, 0.2) is 0 Å². The van der Waals surface area contributed by atoms with Crippen LogP contribution in [0.1, 0.15) is 22.3 Å². The third kappa shape index (κ3) is 4.33. The maximum atomic E-state index is 11.9. The highest BCUT2D eigenvalue weighted by atomic mass is 16.5. The zero-order valence-corrected chi connectivity index (χ0v) is 11.7. The lowest BCUT2D eigenvalue weighted by Crippen LogP contribution is -2.41. The predicted octanol–water partition coefficient (Wildman–Crippen LogP) is 1.45. The number of nitrogens with one attached hydrogen (secondary N) is 1.